The van der Waals surface area contributed by atoms with Crippen molar-refractivity contribution in [3.05, 3.63) is 81.0 Å². The van der Waals surface area contributed by atoms with E-state index in [1.165, 1.54) is 35.2 Å². The highest BCUT2D eigenvalue weighted by Crippen LogP contribution is 2.26. The van der Waals surface area contributed by atoms with Crippen molar-refractivity contribution < 1.29 is 18.5 Å². The van der Waals surface area contributed by atoms with E-state index in [0.717, 1.165) is 6.07 Å². The summed E-state index contributed by atoms with van der Waals surface area (Å²) in [5.74, 6) is -2.24. The van der Waals surface area contributed by atoms with Crippen LogP contribution in [-0.4, -0.2) is 32.5 Å². The molecule has 0 saturated carbocycles. The van der Waals surface area contributed by atoms with Gasteiger partial charge in [0.2, 0.25) is 0 Å². The lowest BCUT2D eigenvalue weighted by Crippen LogP contribution is -2.36. The first-order chi connectivity index (χ1) is 13.4. The molecule has 1 aliphatic heterocycles. The average molecular weight is 384 g/mol. The molecule has 1 N–H and O–H groups in total. The number of H-pyrrole nitrogens is 1. The smallest absolute Gasteiger partial charge is 0.272 e. The number of nitro benzene ring substituents is 1. The van der Waals surface area contributed by atoms with Gasteiger partial charge in [-0.15, -0.1) is 0 Å². The van der Waals surface area contributed by atoms with Gasteiger partial charge < -0.3 is 4.90 Å². The van der Waals surface area contributed by atoms with Crippen molar-refractivity contribution in [2.45, 2.75) is 13.0 Å². The molecule has 3 aromatic rings. The number of non-ortho nitro benzene ring substituents is 1. The summed E-state index contributed by atoms with van der Waals surface area (Å²) in [5, 5.41) is 17.5. The molecule has 2 heterocycles. The van der Waals surface area contributed by atoms with Gasteiger partial charge in [-0.3, -0.25) is 20.0 Å². The van der Waals surface area contributed by atoms with Gasteiger partial charge in [-0.2, -0.15) is 5.10 Å². The summed E-state index contributed by atoms with van der Waals surface area (Å²) >= 11 is 0. The van der Waals surface area contributed by atoms with Crippen LogP contribution in [-0.2, 0) is 13.0 Å². The minimum atomic E-state index is -0.935. The summed E-state index contributed by atoms with van der Waals surface area (Å²) in [5.41, 5.74) is 2.10. The number of nitrogens with zero attached hydrogens (tertiary/aromatic N) is 3. The zero-order valence-electron chi connectivity index (χ0n) is 14.5. The second-order valence-corrected chi connectivity index (χ2v) is 6.45. The SMILES string of the molecule is O=C(c1cc(-c2ccc([N+](=O)[O-])cc2)n[nH]1)N1CCc2ccc(F)c(F)c2C1. The molecule has 0 saturated heterocycles. The summed E-state index contributed by atoms with van der Waals surface area (Å²) in [4.78, 5) is 24.4. The predicted molar refractivity (Wildman–Crippen MR) is 95.5 cm³/mol. The largest absolute Gasteiger partial charge is 0.333 e. The van der Waals surface area contributed by atoms with Crippen molar-refractivity contribution in [1.29, 1.82) is 0 Å². The Morgan fingerprint density at radius 3 is 2.64 bits per heavy atom. The summed E-state index contributed by atoms with van der Waals surface area (Å²) in [6.45, 7) is 0.354. The Hall–Kier alpha value is -3.62. The summed E-state index contributed by atoms with van der Waals surface area (Å²) in [6, 6.07) is 9.95. The van der Waals surface area contributed by atoms with Gasteiger partial charge in [0.15, 0.2) is 11.6 Å². The molecule has 0 spiro atoms. The Bertz CT molecular complexity index is 1080. The molecule has 0 aliphatic carbocycles. The third-order valence-electron chi connectivity index (χ3n) is 4.76. The number of fused-ring (bicyclic) bond motifs is 1. The average Bonchev–Trinajstić information content (AvgIpc) is 3.20. The molecule has 0 bridgehead atoms. The van der Waals surface area contributed by atoms with E-state index < -0.39 is 16.6 Å². The first kappa shape index (κ1) is 17.8. The number of halogens is 2. The van der Waals surface area contributed by atoms with E-state index in [9.17, 15) is 23.7 Å². The molecule has 0 atom stereocenters. The van der Waals surface area contributed by atoms with E-state index in [-0.39, 0.29) is 29.4 Å². The highest BCUT2D eigenvalue weighted by molar-refractivity contribution is 5.93. The van der Waals surface area contributed by atoms with Crippen LogP contribution < -0.4 is 0 Å². The van der Waals surface area contributed by atoms with Gasteiger partial charge in [-0.1, -0.05) is 6.07 Å². The molecule has 0 fully saturated rings. The van der Waals surface area contributed by atoms with Crippen LogP contribution in [0.25, 0.3) is 11.3 Å². The van der Waals surface area contributed by atoms with Crippen molar-refractivity contribution in [2.75, 3.05) is 6.54 Å². The van der Waals surface area contributed by atoms with Crippen molar-refractivity contribution in [2.24, 2.45) is 0 Å². The molecule has 4 rings (SSSR count). The Labute approximate surface area is 157 Å². The van der Waals surface area contributed by atoms with Gasteiger partial charge in [0.05, 0.1) is 10.6 Å². The van der Waals surface area contributed by atoms with Gasteiger partial charge in [0.1, 0.15) is 5.69 Å². The lowest BCUT2D eigenvalue weighted by molar-refractivity contribution is -0.384. The van der Waals surface area contributed by atoms with Crippen molar-refractivity contribution in [1.82, 2.24) is 15.1 Å². The number of nitro groups is 1. The number of aromatic nitrogens is 2. The van der Waals surface area contributed by atoms with Crippen molar-refractivity contribution in [3.63, 3.8) is 0 Å². The number of hydrogen-bond donors (Lipinski definition) is 1. The maximum absolute atomic E-state index is 14.1. The molecule has 142 valence electrons. The molecule has 2 aromatic carbocycles. The zero-order valence-corrected chi connectivity index (χ0v) is 14.5. The normalized spacial score (nSPS) is 13.3. The maximum atomic E-state index is 14.1. The van der Waals surface area contributed by atoms with Crippen LogP contribution in [0.3, 0.4) is 0 Å². The Morgan fingerprint density at radius 1 is 1.18 bits per heavy atom. The maximum Gasteiger partial charge on any atom is 0.272 e. The lowest BCUT2D eigenvalue weighted by atomic mass is 9.98. The van der Waals surface area contributed by atoms with Gasteiger partial charge in [-0.25, -0.2) is 8.78 Å². The Balaban J connectivity index is 1.55. The summed E-state index contributed by atoms with van der Waals surface area (Å²) in [6.07, 6.45) is 0.432. The molecular formula is C19H14F2N4O3. The van der Waals surface area contributed by atoms with Crippen LogP contribution in [0.15, 0.2) is 42.5 Å². The van der Waals surface area contributed by atoms with E-state index >= 15 is 0 Å². The number of aromatic amines is 1. The molecule has 1 aromatic heterocycles. The third-order valence-corrected chi connectivity index (χ3v) is 4.76. The minimum Gasteiger partial charge on any atom is -0.333 e. The molecular weight excluding hydrogens is 370 g/mol. The predicted octanol–water partition coefficient (Wildman–Crippen LogP) is 3.46. The second-order valence-electron chi connectivity index (χ2n) is 6.45. The Kier molecular flexibility index (Phi) is 4.34. The van der Waals surface area contributed by atoms with E-state index in [1.54, 1.807) is 6.07 Å². The third kappa shape index (κ3) is 3.11. The number of carbonyl (C=O) groups is 1. The van der Waals surface area contributed by atoms with Gasteiger partial charge in [0, 0.05) is 36.3 Å². The molecule has 7 nitrogen and oxygen atoms in total. The van der Waals surface area contributed by atoms with E-state index in [0.29, 0.717) is 29.8 Å². The van der Waals surface area contributed by atoms with Crippen LogP contribution in [0.5, 0.6) is 0 Å². The van der Waals surface area contributed by atoms with Gasteiger partial charge in [-0.05, 0) is 36.2 Å². The van der Waals surface area contributed by atoms with Gasteiger partial charge in [0.25, 0.3) is 11.6 Å². The van der Waals surface area contributed by atoms with Crippen LogP contribution in [0.2, 0.25) is 0 Å². The number of nitrogens with one attached hydrogen (secondary N) is 1. The van der Waals surface area contributed by atoms with E-state index in [1.807, 2.05) is 0 Å². The molecule has 28 heavy (non-hydrogen) atoms. The first-order valence-corrected chi connectivity index (χ1v) is 8.49. The van der Waals surface area contributed by atoms with Crippen LogP contribution in [0, 0.1) is 21.7 Å². The number of amides is 1. The van der Waals surface area contributed by atoms with E-state index in [2.05, 4.69) is 10.2 Å². The zero-order chi connectivity index (χ0) is 19.8. The number of rotatable bonds is 3. The minimum absolute atomic E-state index is 0.0242. The molecule has 0 unspecified atom stereocenters. The van der Waals surface area contributed by atoms with Gasteiger partial charge >= 0.3 is 0 Å². The van der Waals surface area contributed by atoms with Crippen LogP contribution in [0.1, 0.15) is 21.6 Å². The monoisotopic (exact) mass is 384 g/mol. The fraction of sp³-hybridized carbons (Fsp3) is 0.158. The number of hydrogen-bond acceptors (Lipinski definition) is 4. The Morgan fingerprint density at radius 2 is 1.93 bits per heavy atom. The summed E-state index contributed by atoms with van der Waals surface area (Å²) in [7, 11) is 0. The number of benzene rings is 2. The molecule has 0 radical (unpaired) electrons. The fourth-order valence-electron chi connectivity index (χ4n) is 3.24. The molecule has 1 aliphatic rings. The number of carbonyl (C=O) groups excluding carboxylic acids is 1. The van der Waals surface area contributed by atoms with Crippen molar-refractivity contribution >= 4 is 11.6 Å². The first-order valence-electron chi connectivity index (χ1n) is 8.49. The van der Waals surface area contributed by atoms with Crippen LogP contribution in [0.4, 0.5) is 14.5 Å². The quantitative estimate of drug-likeness (QED) is 0.553. The van der Waals surface area contributed by atoms with E-state index in [4.69, 9.17) is 0 Å². The topological polar surface area (TPSA) is 92.1 Å². The molecule has 9 heteroatoms. The molecule has 1 amide bonds. The highest BCUT2D eigenvalue weighted by Gasteiger charge is 2.26. The van der Waals surface area contributed by atoms with Crippen molar-refractivity contribution in [3.8, 4) is 11.3 Å². The lowest BCUT2D eigenvalue weighted by Gasteiger charge is -2.28. The standard InChI is InChI=1S/C19H14F2N4O3/c20-15-6-3-11-7-8-24(10-14(11)18(15)21)19(26)17-9-16(22-23-17)12-1-4-13(5-2-12)25(27)28/h1-6,9H,7-8,10H2,(H,22,23). The fourth-order valence-corrected chi connectivity index (χ4v) is 3.24. The second kappa shape index (κ2) is 6.84. The van der Waals surface area contributed by atoms with Crippen LogP contribution >= 0.6 is 0 Å². The summed E-state index contributed by atoms with van der Waals surface area (Å²) < 4.78 is 27.5. The highest BCUT2D eigenvalue weighted by atomic mass is 19.2.